The number of unbranched alkanes of at least 4 members (excludes halogenated alkanes) is 1. The maximum atomic E-state index is 13.1. The van der Waals surface area contributed by atoms with E-state index < -0.39 is 6.04 Å². The first-order chi connectivity index (χ1) is 15.7. The second-order valence-corrected chi connectivity index (χ2v) is 8.29. The van der Waals surface area contributed by atoms with Crippen LogP contribution in [0.4, 0.5) is 4.79 Å². The normalized spacial score (nSPS) is 14.1. The summed E-state index contributed by atoms with van der Waals surface area (Å²) in [5.41, 5.74) is 10.0. The molecule has 7 heteroatoms. The number of benzene rings is 2. The Balaban J connectivity index is 1.47. The Morgan fingerprint density at radius 3 is 2.69 bits per heavy atom. The number of nitrogens with zero attached hydrogens (tertiary/aromatic N) is 1. The highest BCUT2D eigenvalue weighted by Crippen LogP contribution is 2.21. The Bertz CT molecular complexity index is 1080. The van der Waals surface area contributed by atoms with Crippen molar-refractivity contribution in [3.8, 4) is 0 Å². The number of nitrogens with two attached hydrogens (primary N) is 1. The molecular weight excluding hydrogens is 402 g/mol. The molecule has 0 spiro atoms. The van der Waals surface area contributed by atoms with Gasteiger partial charge in [-0.25, -0.2) is 4.79 Å². The summed E-state index contributed by atoms with van der Waals surface area (Å²) in [5.74, 6) is -0.168. The van der Waals surface area contributed by atoms with Gasteiger partial charge in [0.2, 0.25) is 5.91 Å². The maximum Gasteiger partial charge on any atom is 0.318 e. The van der Waals surface area contributed by atoms with Gasteiger partial charge in [-0.3, -0.25) is 4.79 Å². The molecule has 32 heavy (non-hydrogen) atoms. The molecule has 0 saturated carbocycles. The van der Waals surface area contributed by atoms with Crippen molar-refractivity contribution in [3.63, 3.8) is 0 Å². The molecule has 0 saturated heterocycles. The second-order valence-electron chi connectivity index (χ2n) is 8.29. The van der Waals surface area contributed by atoms with E-state index >= 15 is 0 Å². The number of nitrogens with one attached hydrogen (secondary N) is 3. The van der Waals surface area contributed by atoms with Crippen molar-refractivity contribution >= 4 is 22.8 Å². The predicted molar refractivity (Wildman–Crippen MR) is 126 cm³/mol. The molecule has 1 aliphatic rings. The highest BCUT2D eigenvalue weighted by molar-refractivity contribution is 5.89. The van der Waals surface area contributed by atoms with Gasteiger partial charge in [0.25, 0.3) is 0 Å². The van der Waals surface area contributed by atoms with E-state index in [1.54, 1.807) is 4.90 Å². The van der Waals surface area contributed by atoms with Crippen LogP contribution in [0, 0.1) is 0 Å². The topological polar surface area (TPSA) is 103 Å². The number of hydrogen-bond acceptors (Lipinski definition) is 3. The van der Waals surface area contributed by atoms with E-state index in [1.807, 2.05) is 42.6 Å². The van der Waals surface area contributed by atoms with E-state index in [0.717, 1.165) is 41.3 Å². The quantitative estimate of drug-likeness (QED) is 0.411. The molecule has 2 heterocycles. The maximum absolute atomic E-state index is 13.1. The fourth-order valence-corrected chi connectivity index (χ4v) is 4.24. The number of amides is 3. The van der Waals surface area contributed by atoms with Gasteiger partial charge in [0.05, 0.1) is 0 Å². The molecule has 0 unspecified atom stereocenters. The van der Waals surface area contributed by atoms with Crippen LogP contribution in [0.25, 0.3) is 10.9 Å². The van der Waals surface area contributed by atoms with Crippen LogP contribution in [-0.2, 0) is 24.2 Å². The molecule has 3 amide bonds. The summed E-state index contributed by atoms with van der Waals surface area (Å²) >= 11 is 0. The Kier molecular flexibility index (Phi) is 7.07. The van der Waals surface area contributed by atoms with Crippen molar-refractivity contribution in [1.82, 2.24) is 20.5 Å². The van der Waals surface area contributed by atoms with E-state index in [-0.39, 0.29) is 11.9 Å². The summed E-state index contributed by atoms with van der Waals surface area (Å²) in [6.07, 6.45) is 4.83. The molecule has 0 fully saturated rings. The molecule has 1 atom stereocenters. The van der Waals surface area contributed by atoms with Crippen LogP contribution >= 0.6 is 0 Å². The van der Waals surface area contributed by atoms with Crippen molar-refractivity contribution < 1.29 is 9.59 Å². The van der Waals surface area contributed by atoms with Gasteiger partial charge >= 0.3 is 6.03 Å². The molecule has 5 N–H and O–H groups in total. The van der Waals surface area contributed by atoms with Crippen molar-refractivity contribution in [1.29, 1.82) is 0 Å². The Morgan fingerprint density at radius 1 is 1.06 bits per heavy atom. The summed E-state index contributed by atoms with van der Waals surface area (Å²) in [6, 6.07) is 15.3. The van der Waals surface area contributed by atoms with Crippen molar-refractivity contribution in [2.24, 2.45) is 5.73 Å². The molecule has 1 aromatic heterocycles. The van der Waals surface area contributed by atoms with Crippen LogP contribution in [-0.4, -0.2) is 47.5 Å². The lowest BCUT2D eigenvalue weighted by Gasteiger charge is -2.30. The van der Waals surface area contributed by atoms with Crippen LogP contribution in [0.1, 0.15) is 29.5 Å². The zero-order chi connectivity index (χ0) is 22.3. The van der Waals surface area contributed by atoms with Gasteiger partial charge in [-0.1, -0.05) is 42.5 Å². The summed E-state index contributed by atoms with van der Waals surface area (Å²) in [7, 11) is 0. The number of para-hydroxylation sites is 1. The SMILES string of the molecule is NCCCCNC(=O)[C@H](Cc1c[nH]c2ccccc12)NC(=O)N1CCc2ccccc2C1. The zero-order valence-electron chi connectivity index (χ0n) is 18.3. The fraction of sp³-hybridized carbons (Fsp3) is 0.360. The molecule has 0 aliphatic carbocycles. The van der Waals surface area contributed by atoms with Gasteiger partial charge < -0.3 is 26.3 Å². The fourth-order valence-electron chi connectivity index (χ4n) is 4.24. The summed E-state index contributed by atoms with van der Waals surface area (Å²) in [6.45, 7) is 2.34. The first kappa shape index (κ1) is 21.9. The van der Waals surface area contributed by atoms with Gasteiger partial charge in [-0.2, -0.15) is 0 Å². The molecular formula is C25H31N5O2. The van der Waals surface area contributed by atoms with Crippen molar-refractivity contribution in [2.75, 3.05) is 19.6 Å². The van der Waals surface area contributed by atoms with E-state index in [0.29, 0.717) is 32.6 Å². The highest BCUT2D eigenvalue weighted by atomic mass is 16.2. The first-order valence-electron chi connectivity index (χ1n) is 11.3. The third kappa shape index (κ3) is 5.11. The van der Waals surface area contributed by atoms with E-state index in [2.05, 4.69) is 27.8 Å². The van der Waals surface area contributed by atoms with Gasteiger partial charge in [-0.15, -0.1) is 0 Å². The number of carbonyl (C=O) groups excluding carboxylic acids is 2. The van der Waals surface area contributed by atoms with Crippen LogP contribution < -0.4 is 16.4 Å². The Labute approximate surface area is 188 Å². The highest BCUT2D eigenvalue weighted by Gasteiger charge is 2.26. The number of aromatic amines is 1. The molecule has 7 nitrogen and oxygen atoms in total. The van der Waals surface area contributed by atoms with Crippen molar-refractivity contribution in [2.45, 2.75) is 38.3 Å². The first-order valence-corrected chi connectivity index (χ1v) is 11.3. The monoisotopic (exact) mass is 433 g/mol. The second kappa shape index (κ2) is 10.3. The molecule has 168 valence electrons. The predicted octanol–water partition coefficient (Wildman–Crippen LogP) is 2.70. The minimum atomic E-state index is -0.656. The van der Waals surface area contributed by atoms with Crippen molar-refractivity contribution in [3.05, 3.63) is 71.4 Å². The van der Waals surface area contributed by atoms with Crippen LogP contribution in [0.5, 0.6) is 0 Å². The lowest BCUT2D eigenvalue weighted by atomic mass is 10.00. The summed E-state index contributed by atoms with van der Waals surface area (Å²) < 4.78 is 0. The molecule has 3 aromatic rings. The average molecular weight is 434 g/mol. The number of aromatic nitrogens is 1. The molecule has 4 rings (SSSR count). The number of fused-ring (bicyclic) bond motifs is 2. The van der Waals surface area contributed by atoms with Gasteiger partial charge in [0.15, 0.2) is 0 Å². The van der Waals surface area contributed by atoms with Gasteiger partial charge in [0.1, 0.15) is 6.04 Å². The number of hydrogen-bond donors (Lipinski definition) is 4. The zero-order valence-corrected chi connectivity index (χ0v) is 18.3. The van der Waals surface area contributed by atoms with E-state index in [9.17, 15) is 9.59 Å². The third-order valence-corrected chi connectivity index (χ3v) is 6.06. The lowest BCUT2D eigenvalue weighted by Crippen LogP contribution is -2.53. The average Bonchev–Trinajstić information content (AvgIpc) is 3.23. The van der Waals surface area contributed by atoms with Crippen LogP contribution in [0.3, 0.4) is 0 Å². The number of carbonyl (C=O) groups is 2. The Hall–Kier alpha value is -3.32. The number of urea groups is 1. The minimum absolute atomic E-state index is 0.168. The molecule has 0 bridgehead atoms. The Morgan fingerprint density at radius 2 is 1.84 bits per heavy atom. The van der Waals surface area contributed by atoms with Gasteiger partial charge in [-0.05, 0) is 48.6 Å². The smallest absolute Gasteiger partial charge is 0.318 e. The summed E-state index contributed by atoms with van der Waals surface area (Å²) in [4.78, 5) is 31.1. The molecule has 1 aliphatic heterocycles. The van der Waals surface area contributed by atoms with E-state index in [1.165, 1.54) is 5.56 Å². The van der Waals surface area contributed by atoms with E-state index in [4.69, 9.17) is 5.73 Å². The molecule has 2 aromatic carbocycles. The number of rotatable bonds is 8. The summed E-state index contributed by atoms with van der Waals surface area (Å²) in [5, 5.41) is 7.03. The van der Waals surface area contributed by atoms with Gasteiger partial charge in [0, 0.05) is 43.2 Å². The van der Waals surface area contributed by atoms with Crippen LogP contribution in [0.15, 0.2) is 54.7 Å². The minimum Gasteiger partial charge on any atom is -0.361 e. The molecule has 0 radical (unpaired) electrons. The lowest BCUT2D eigenvalue weighted by molar-refractivity contribution is -0.122. The third-order valence-electron chi connectivity index (χ3n) is 6.06. The van der Waals surface area contributed by atoms with Crippen LogP contribution in [0.2, 0.25) is 0 Å². The standard InChI is InChI=1S/C25H31N5O2/c26-12-5-6-13-27-24(31)23(15-20-16-28-22-10-4-3-9-21(20)22)29-25(32)30-14-11-18-7-1-2-8-19(18)17-30/h1-4,7-10,16,23,28H,5-6,11-15,17,26H2,(H,27,31)(H,29,32)/t23-/m0/s1. The number of H-pyrrole nitrogens is 1. The largest absolute Gasteiger partial charge is 0.361 e.